The maximum absolute atomic E-state index is 12.4. The number of anilines is 1. The Morgan fingerprint density at radius 1 is 1.24 bits per heavy atom. The summed E-state index contributed by atoms with van der Waals surface area (Å²) >= 11 is 3.09. The molecule has 0 amide bonds. The Labute approximate surface area is 126 Å². The third kappa shape index (κ3) is 4.82. The van der Waals surface area contributed by atoms with E-state index in [1.807, 2.05) is 0 Å². The quantitative estimate of drug-likeness (QED) is 0.860. The van der Waals surface area contributed by atoms with Crippen molar-refractivity contribution >= 4 is 21.6 Å². The van der Waals surface area contributed by atoms with Crippen molar-refractivity contribution in [2.45, 2.75) is 12.9 Å². The highest BCUT2D eigenvalue weighted by Crippen LogP contribution is 2.33. The Morgan fingerprint density at radius 3 is 2.62 bits per heavy atom. The highest BCUT2D eigenvalue weighted by atomic mass is 79.9. The van der Waals surface area contributed by atoms with Crippen LogP contribution in [-0.4, -0.2) is 16.5 Å². The number of rotatable bonds is 4. The minimum Gasteiger partial charge on any atom is -0.506 e. The van der Waals surface area contributed by atoms with Gasteiger partial charge in [-0.3, -0.25) is 4.98 Å². The molecule has 2 aromatic rings. The molecule has 0 aliphatic rings. The van der Waals surface area contributed by atoms with Crippen molar-refractivity contribution in [3.63, 3.8) is 0 Å². The van der Waals surface area contributed by atoms with E-state index in [0.29, 0.717) is 10.2 Å². The van der Waals surface area contributed by atoms with Gasteiger partial charge in [0.15, 0.2) is 5.75 Å². The first-order valence-corrected chi connectivity index (χ1v) is 6.56. The van der Waals surface area contributed by atoms with Gasteiger partial charge in [-0.15, -0.1) is 13.2 Å². The Balaban J connectivity index is 2.13. The van der Waals surface area contributed by atoms with Gasteiger partial charge in [-0.2, -0.15) is 0 Å². The van der Waals surface area contributed by atoms with Gasteiger partial charge in [0.05, 0.1) is 24.1 Å². The molecule has 0 saturated heterocycles. The molecular formula is C13H10BrF3N2O2. The second-order valence-corrected chi connectivity index (χ2v) is 4.97. The van der Waals surface area contributed by atoms with E-state index in [1.54, 1.807) is 12.1 Å². The maximum atomic E-state index is 12.4. The van der Waals surface area contributed by atoms with Gasteiger partial charge in [-0.05, 0) is 30.3 Å². The van der Waals surface area contributed by atoms with Crippen LogP contribution in [0.15, 0.2) is 41.0 Å². The molecule has 0 atom stereocenters. The van der Waals surface area contributed by atoms with Crippen molar-refractivity contribution in [1.82, 2.24) is 4.98 Å². The number of nitrogens with one attached hydrogen (secondary N) is 1. The number of hydrogen-bond acceptors (Lipinski definition) is 4. The number of ether oxygens (including phenoxy) is 1. The van der Waals surface area contributed by atoms with Gasteiger partial charge in [0, 0.05) is 4.47 Å². The second-order valence-electron chi connectivity index (χ2n) is 4.05. The van der Waals surface area contributed by atoms with E-state index in [-0.39, 0.29) is 23.7 Å². The van der Waals surface area contributed by atoms with Crippen LogP contribution >= 0.6 is 15.9 Å². The fourth-order valence-corrected chi connectivity index (χ4v) is 1.90. The normalized spacial score (nSPS) is 11.2. The minimum atomic E-state index is -4.77. The van der Waals surface area contributed by atoms with Crippen LogP contribution in [0, 0.1) is 0 Å². The van der Waals surface area contributed by atoms with Crippen LogP contribution in [0.4, 0.5) is 18.9 Å². The fourth-order valence-electron chi connectivity index (χ4n) is 1.56. The number of benzene rings is 1. The second kappa shape index (κ2) is 6.21. The van der Waals surface area contributed by atoms with Crippen LogP contribution in [0.25, 0.3) is 0 Å². The van der Waals surface area contributed by atoms with E-state index >= 15 is 0 Å². The van der Waals surface area contributed by atoms with Crippen LogP contribution in [0.5, 0.6) is 11.5 Å². The Hall–Kier alpha value is -1.96. The number of halogens is 4. The van der Waals surface area contributed by atoms with Gasteiger partial charge < -0.3 is 15.2 Å². The zero-order valence-electron chi connectivity index (χ0n) is 10.5. The lowest BCUT2D eigenvalue weighted by molar-refractivity contribution is -0.274. The standard InChI is InChI=1S/C13H10BrF3N2O2/c14-8-1-4-11(12(5-8)21-13(15,16)17)19-6-9-2-3-10(20)7-18-9/h1-5,7,19-20H,6H2. The lowest BCUT2D eigenvalue weighted by Crippen LogP contribution is -2.18. The molecule has 112 valence electrons. The number of aromatic hydroxyl groups is 1. The SMILES string of the molecule is Oc1ccc(CNc2ccc(Br)cc2OC(F)(F)F)nc1. The molecule has 0 bridgehead atoms. The molecule has 2 N–H and O–H groups in total. The van der Waals surface area contributed by atoms with E-state index in [1.165, 1.54) is 24.4 Å². The lowest BCUT2D eigenvalue weighted by atomic mass is 10.2. The molecule has 0 radical (unpaired) electrons. The predicted molar refractivity (Wildman–Crippen MR) is 74.1 cm³/mol. The van der Waals surface area contributed by atoms with E-state index in [4.69, 9.17) is 5.11 Å². The van der Waals surface area contributed by atoms with Crippen LogP contribution in [0.2, 0.25) is 0 Å². The molecule has 1 heterocycles. The summed E-state index contributed by atoms with van der Waals surface area (Å²) in [4.78, 5) is 3.93. The van der Waals surface area contributed by atoms with Gasteiger partial charge >= 0.3 is 6.36 Å². The molecule has 0 fully saturated rings. The summed E-state index contributed by atoms with van der Waals surface area (Å²) in [5, 5.41) is 11.9. The maximum Gasteiger partial charge on any atom is 0.573 e. The summed E-state index contributed by atoms with van der Waals surface area (Å²) in [7, 11) is 0. The molecule has 2 rings (SSSR count). The van der Waals surface area contributed by atoms with Crippen LogP contribution in [-0.2, 0) is 6.54 Å². The summed E-state index contributed by atoms with van der Waals surface area (Å²) < 4.78 is 41.5. The van der Waals surface area contributed by atoms with Crippen molar-refractivity contribution in [3.05, 3.63) is 46.7 Å². The number of aromatic nitrogens is 1. The number of nitrogens with zero attached hydrogens (tertiary/aromatic N) is 1. The number of alkyl halides is 3. The van der Waals surface area contributed by atoms with E-state index in [2.05, 4.69) is 31.0 Å². The highest BCUT2D eigenvalue weighted by Gasteiger charge is 2.32. The van der Waals surface area contributed by atoms with Crippen molar-refractivity contribution in [2.24, 2.45) is 0 Å². The van der Waals surface area contributed by atoms with Crippen molar-refractivity contribution in [2.75, 3.05) is 5.32 Å². The van der Waals surface area contributed by atoms with Gasteiger partial charge in [0.2, 0.25) is 0 Å². The summed E-state index contributed by atoms with van der Waals surface area (Å²) in [5.41, 5.74) is 0.749. The molecule has 21 heavy (non-hydrogen) atoms. The highest BCUT2D eigenvalue weighted by molar-refractivity contribution is 9.10. The topological polar surface area (TPSA) is 54.4 Å². The number of pyridine rings is 1. The average molecular weight is 363 g/mol. The Morgan fingerprint density at radius 2 is 2.00 bits per heavy atom. The van der Waals surface area contributed by atoms with Crippen LogP contribution < -0.4 is 10.1 Å². The molecule has 0 aliphatic carbocycles. The van der Waals surface area contributed by atoms with E-state index in [0.717, 1.165) is 0 Å². The van der Waals surface area contributed by atoms with Gasteiger partial charge in [-0.25, -0.2) is 0 Å². The molecular weight excluding hydrogens is 353 g/mol. The summed E-state index contributed by atoms with van der Waals surface area (Å²) in [6.45, 7) is 0.191. The third-order valence-electron chi connectivity index (χ3n) is 2.44. The molecule has 1 aromatic heterocycles. The molecule has 4 nitrogen and oxygen atoms in total. The van der Waals surface area contributed by atoms with E-state index in [9.17, 15) is 13.2 Å². The average Bonchev–Trinajstić information content (AvgIpc) is 2.38. The van der Waals surface area contributed by atoms with Gasteiger partial charge in [0.25, 0.3) is 0 Å². The lowest BCUT2D eigenvalue weighted by Gasteiger charge is -2.15. The fraction of sp³-hybridized carbons (Fsp3) is 0.154. The molecule has 0 unspecified atom stereocenters. The summed E-state index contributed by atoms with van der Waals surface area (Å²) in [6.07, 6.45) is -3.51. The number of hydrogen-bond donors (Lipinski definition) is 2. The Bertz CT molecular complexity index is 618. The largest absolute Gasteiger partial charge is 0.573 e. The first-order valence-electron chi connectivity index (χ1n) is 5.76. The van der Waals surface area contributed by atoms with Crippen LogP contribution in [0.3, 0.4) is 0 Å². The van der Waals surface area contributed by atoms with Gasteiger partial charge in [0.1, 0.15) is 5.75 Å². The Kier molecular flexibility index (Phi) is 4.56. The van der Waals surface area contributed by atoms with Gasteiger partial charge in [-0.1, -0.05) is 15.9 Å². The molecule has 0 saturated carbocycles. The van der Waals surface area contributed by atoms with Crippen molar-refractivity contribution < 1.29 is 23.0 Å². The third-order valence-corrected chi connectivity index (χ3v) is 2.93. The van der Waals surface area contributed by atoms with E-state index < -0.39 is 6.36 Å². The zero-order chi connectivity index (χ0) is 15.5. The van der Waals surface area contributed by atoms with Crippen molar-refractivity contribution in [3.8, 4) is 11.5 Å². The summed E-state index contributed by atoms with van der Waals surface area (Å²) in [5.74, 6) is -0.320. The first kappa shape index (κ1) is 15.4. The molecule has 0 spiro atoms. The molecule has 0 aliphatic heterocycles. The first-order chi connectivity index (χ1) is 9.83. The monoisotopic (exact) mass is 362 g/mol. The molecule has 1 aromatic carbocycles. The summed E-state index contributed by atoms with van der Waals surface area (Å²) in [6, 6.07) is 7.28. The molecule has 8 heteroatoms. The minimum absolute atomic E-state index is 0.0171. The smallest absolute Gasteiger partial charge is 0.506 e. The van der Waals surface area contributed by atoms with Crippen LogP contribution in [0.1, 0.15) is 5.69 Å². The zero-order valence-corrected chi connectivity index (χ0v) is 12.1. The predicted octanol–water partition coefficient (Wildman–Crippen LogP) is 4.06. The van der Waals surface area contributed by atoms with Crippen molar-refractivity contribution in [1.29, 1.82) is 0 Å².